The second-order valence-electron chi connectivity index (χ2n) is 6.09. The quantitative estimate of drug-likeness (QED) is 0.797. The number of benzene rings is 2. The van der Waals surface area contributed by atoms with Crippen LogP contribution in [0.1, 0.15) is 40.2 Å². The molecule has 0 aliphatic carbocycles. The van der Waals surface area contributed by atoms with Gasteiger partial charge < -0.3 is 14.5 Å². The number of fused-ring (bicyclic) bond motifs is 2. The number of hydrogen-bond donors (Lipinski definition) is 1. The Labute approximate surface area is 144 Å². The van der Waals surface area contributed by atoms with Gasteiger partial charge in [0.25, 0.3) is 5.91 Å². The van der Waals surface area contributed by atoms with Crippen LogP contribution in [0.5, 0.6) is 5.75 Å². The van der Waals surface area contributed by atoms with E-state index in [-0.39, 0.29) is 17.1 Å². The summed E-state index contributed by atoms with van der Waals surface area (Å²) in [6.07, 6.45) is 0. The number of amides is 1. The lowest BCUT2D eigenvalue weighted by molar-refractivity contribution is 0.0938. The van der Waals surface area contributed by atoms with Crippen molar-refractivity contribution in [3.05, 3.63) is 75.1 Å². The zero-order chi connectivity index (χ0) is 17.6. The van der Waals surface area contributed by atoms with Gasteiger partial charge in [-0.1, -0.05) is 23.8 Å². The lowest BCUT2D eigenvalue weighted by Gasteiger charge is -2.13. The third-order valence-electron chi connectivity index (χ3n) is 4.35. The second kappa shape index (κ2) is 5.77. The van der Waals surface area contributed by atoms with Crippen LogP contribution in [-0.4, -0.2) is 12.5 Å². The van der Waals surface area contributed by atoms with E-state index in [9.17, 15) is 9.59 Å². The van der Waals surface area contributed by atoms with Crippen molar-refractivity contribution in [1.29, 1.82) is 0 Å². The topological polar surface area (TPSA) is 68.5 Å². The summed E-state index contributed by atoms with van der Waals surface area (Å²) in [5, 5.41) is 3.33. The Hall–Kier alpha value is -3.08. The molecular formula is C20H17NO4. The summed E-state index contributed by atoms with van der Waals surface area (Å²) >= 11 is 0. The first-order valence-corrected chi connectivity index (χ1v) is 8.19. The van der Waals surface area contributed by atoms with Crippen molar-refractivity contribution in [2.24, 2.45) is 0 Å². The Morgan fingerprint density at radius 1 is 1.16 bits per heavy atom. The van der Waals surface area contributed by atoms with Gasteiger partial charge in [-0.15, -0.1) is 0 Å². The number of carbonyl (C=O) groups excluding carboxylic acids is 1. The molecule has 5 nitrogen and oxygen atoms in total. The largest absolute Gasteiger partial charge is 0.494 e. The third kappa shape index (κ3) is 2.48. The highest BCUT2D eigenvalue weighted by Gasteiger charge is 2.36. The third-order valence-corrected chi connectivity index (χ3v) is 4.35. The molecule has 1 N–H and O–H groups in total. The number of hydrogen-bond acceptors (Lipinski definition) is 4. The fourth-order valence-corrected chi connectivity index (χ4v) is 3.22. The highest BCUT2D eigenvalue weighted by molar-refractivity contribution is 5.99. The smallest absolute Gasteiger partial charge is 0.288 e. The summed E-state index contributed by atoms with van der Waals surface area (Å²) < 4.78 is 11.3. The molecule has 2 aromatic carbocycles. The molecule has 5 heteroatoms. The van der Waals surface area contributed by atoms with E-state index in [1.54, 1.807) is 12.1 Å². The van der Waals surface area contributed by atoms with Gasteiger partial charge in [-0.3, -0.25) is 9.59 Å². The molecule has 0 bridgehead atoms. The molecule has 1 aliphatic heterocycles. The van der Waals surface area contributed by atoms with Crippen molar-refractivity contribution in [3.8, 4) is 5.75 Å². The van der Waals surface area contributed by atoms with Crippen molar-refractivity contribution in [2.45, 2.75) is 19.9 Å². The number of aryl methyl sites for hydroxylation is 1. The van der Waals surface area contributed by atoms with Crippen LogP contribution in [0.4, 0.5) is 0 Å². The summed E-state index contributed by atoms with van der Waals surface area (Å²) in [6, 6.07) is 12.2. The maximum atomic E-state index is 13.0. The van der Waals surface area contributed by atoms with Crippen molar-refractivity contribution in [1.82, 2.24) is 5.32 Å². The van der Waals surface area contributed by atoms with E-state index in [4.69, 9.17) is 9.15 Å². The molecule has 1 atom stereocenters. The molecule has 0 radical (unpaired) electrons. The first-order valence-electron chi connectivity index (χ1n) is 8.19. The monoisotopic (exact) mass is 335 g/mol. The first-order chi connectivity index (χ1) is 12.1. The summed E-state index contributed by atoms with van der Waals surface area (Å²) in [7, 11) is 0. The van der Waals surface area contributed by atoms with Crippen molar-refractivity contribution >= 4 is 16.9 Å². The molecule has 4 rings (SSSR count). The molecule has 3 aromatic rings. The lowest BCUT2D eigenvalue weighted by atomic mass is 9.99. The summed E-state index contributed by atoms with van der Waals surface area (Å²) in [4.78, 5) is 25.4. The van der Waals surface area contributed by atoms with Gasteiger partial charge in [0.05, 0.1) is 23.6 Å². The zero-order valence-electron chi connectivity index (χ0n) is 14.0. The van der Waals surface area contributed by atoms with Gasteiger partial charge in [-0.05, 0) is 43.7 Å². The Balaban J connectivity index is 1.92. The molecule has 2 heterocycles. The van der Waals surface area contributed by atoms with Crippen molar-refractivity contribution in [3.63, 3.8) is 0 Å². The fourth-order valence-electron chi connectivity index (χ4n) is 3.22. The molecule has 0 saturated heterocycles. The number of rotatable bonds is 3. The highest BCUT2D eigenvalue weighted by Crippen LogP contribution is 2.32. The summed E-state index contributed by atoms with van der Waals surface area (Å²) in [6.45, 7) is 4.37. The Bertz CT molecular complexity index is 1050. The van der Waals surface area contributed by atoms with Crippen LogP contribution >= 0.6 is 0 Å². The normalized spacial score (nSPS) is 15.9. The van der Waals surface area contributed by atoms with Crippen LogP contribution in [0, 0.1) is 6.92 Å². The number of ether oxygens (including phenoxy) is 1. The van der Waals surface area contributed by atoms with Crippen LogP contribution in [0.15, 0.2) is 51.7 Å². The first kappa shape index (κ1) is 15.4. The predicted molar refractivity (Wildman–Crippen MR) is 94.1 cm³/mol. The van der Waals surface area contributed by atoms with E-state index in [1.807, 2.05) is 44.2 Å². The van der Waals surface area contributed by atoms with Gasteiger partial charge in [0.15, 0.2) is 5.43 Å². The van der Waals surface area contributed by atoms with E-state index in [0.717, 1.165) is 11.1 Å². The molecule has 1 aliphatic rings. The Morgan fingerprint density at radius 2 is 2.00 bits per heavy atom. The minimum absolute atomic E-state index is 0.0909. The van der Waals surface area contributed by atoms with E-state index in [1.165, 1.54) is 0 Å². The van der Waals surface area contributed by atoms with E-state index < -0.39 is 6.04 Å². The van der Waals surface area contributed by atoms with Crippen LogP contribution < -0.4 is 15.5 Å². The van der Waals surface area contributed by atoms with E-state index >= 15 is 0 Å². The Kier molecular flexibility index (Phi) is 3.57. The average Bonchev–Trinajstić information content (AvgIpc) is 2.93. The fraction of sp³-hybridized carbons (Fsp3) is 0.200. The van der Waals surface area contributed by atoms with Gasteiger partial charge in [0, 0.05) is 0 Å². The second-order valence-corrected chi connectivity index (χ2v) is 6.09. The Morgan fingerprint density at radius 3 is 2.80 bits per heavy atom. The number of carbonyl (C=O) groups is 1. The molecule has 0 fully saturated rings. The summed E-state index contributed by atoms with van der Waals surface area (Å²) in [5.74, 6) is 0.415. The molecule has 1 unspecified atom stereocenters. The van der Waals surface area contributed by atoms with Crippen LogP contribution in [0.25, 0.3) is 11.0 Å². The van der Waals surface area contributed by atoms with Crippen molar-refractivity contribution in [2.75, 3.05) is 6.61 Å². The predicted octanol–water partition coefficient (Wildman–Crippen LogP) is 3.33. The van der Waals surface area contributed by atoms with Gasteiger partial charge in [0.1, 0.15) is 11.3 Å². The maximum Gasteiger partial charge on any atom is 0.288 e. The van der Waals surface area contributed by atoms with Crippen LogP contribution in [0.2, 0.25) is 0 Å². The zero-order valence-corrected chi connectivity index (χ0v) is 14.0. The van der Waals surface area contributed by atoms with Crippen LogP contribution in [-0.2, 0) is 0 Å². The average molecular weight is 335 g/mol. The summed E-state index contributed by atoms with van der Waals surface area (Å²) in [5.41, 5.74) is 2.36. The highest BCUT2D eigenvalue weighted by atomic mass is 16.5. The molecule has 1 amide bonds. The molecular weight excluding hydrogens is 318 g/mol. The van der Waals surface area contributed by atoms with Gasteiger partial charge in [-0.25, -0.2) is 0 Å². The van der Waals surface area contributed by atoms with E-state index in [0.29, 0.717) is 28.9 Å². The minimum Gasteiger partial charge on any atom is -0.494 e. The van der Waals surface area contributed by atoms with Gasteiger partial charge in [-0.2, -0.15) is 0 Å². The molecule has 1 aromatic heterocycles. The SMILES string of the molecule is CCOc1cccc(C2NC(=O)c3oc4ccc(C)cc4c(=O)c32)c1. The standard InChI is InChI=1S/C20H17NO4/c1-3-24-13-6-4-5-12(10-13)17-16-18(22)14-9-11(2)7-8-15(14)25-19(16)20(23)21-17/h4-10,17H,3H2,1-2H3,(H,21,23). The van der Waals surface area contributed by atoms with E-state index in [2.05, 4.69) is 5.32 Å². The van der Waals surface area contributed by atoms with Crippen LogP contribution in [0.3, 0.4) is 0 Å². The molecule has 0 saturated carbocycles. The maximum absolute atomic E-state index is 13.0. The molecule has 25 heavy (non-hydrogen) atoms. The van der Waals surface area contributed by atoms with Gasteiger partial charge >= 0.3 is 0 Å². The molecule has 0 spiro atoms. The minimum atomic E-state index is -0.538. The number of nitrogens with one attached hydrogen (secondary N) is 1. The van der Waals surface area contributed by atoms with Crippen molar-refractivity contribution < 1.29 is 13.9 Å². The lowest BCUT2D eigenvalue weighted by Crippen LogP contribution is -2.22. The van der Waals surface area contributed by atoms with Gasteiger partial charge in [0.2, 0.25) is 5.76 Å². The molecule has 126 valence electrons.